The standard InChI is InChI=1S/C47H70O6/c1-4-7-10-13-16-19-21-23-25-28-31-34-37-40-46(49)52-43-44(42-51-45(48)39-36-33-30-27-18-15-12-9-6-3)53-47(50)41-38-35-32-29-26-24-22-20-17-14-11-8-5-2/h7-8,10-11,13-14,16-17,19-28,30-31,44H,4-6,9,12,15,18,29,32-43H2,1-3H3/b10-7-,11-8-,16-13-,17-14-,21-19-,22-20-,25-23-,26-24-,30-27-,31-28-. The van der Waals surface area contributed by atoms with Gasteiger partial charge in [0.15, 0.2) is 6.10 Å². The van der Waals surface area contributed by atoms with E-state index in [2.05, 4.69) is 51.2 Å². The molecule has 1 unspecified atom stereocenters. The number of ether oxygens (including phenoxy) is 3. The highest BCUT2D eigenvalue weighted by molar-refractivity contribution is 5.71. The van der Waals surface area contributed by atoms with Crippen molar-refractivity contribution in [2.75, 3.05) is 13.2 Å². The molecule has 0 aliphatic carbocycles. The number of allylic oxidation sites excluding steroid dienone is 20. The molecule has 0 aromatic rings. The Morgan fingerprint density at radius 2 is 0.774 bits per heavy atom. The van der Waals surface area contributed by atoms with Crippen molar-refractivity contribution in [3.8, 4) is 0 Å². The largest absolute Gasteiger partial charge is 0.462 e. The lowest BCUT2D eigenvalue weighted by Gasteiger charge is -2.18. The van der Waals surface area contributed by atoms with E-state index >= 15 is 0 Å². The topological polar surface area (TPSA) is 78.9 Å². The Morgan fingerprint density at radius 1 is 0.396 bits per heavy atom. The molecule has 1 atom stereocenters. The van der Waals surface area contributed by atoms with Gasteiger partial charge in [-0.15, -0.1) is 0 Å². The second-order valence-corrected chi connectivity index (χ2v) is 12.6. The first-order valence-corrected chi connectivity index (χ1v) is 20.2. The van der Waals surface area contributed by atoms with E-state index in [1.165, 1.54) is 25.7 Å². The van der Waals surface area contributed by atoms with Gasteiger partial charge in [-0.1, -0.05) is 168 Å². The first-order valence-electron chi connectivity index (χ1n) is 20.2. The van der Waals surface area contributed by atoms with Gasteiger partial charge in [0.1, 0.15) is 13.2 Å². The number of unbranched alkanes of at least 4 members (excludes halogenated alkanes) is 9. The van der Waals surface area contributed by atoms with Crippen LogP contribution in [0.4, 0.5) is 0 Å². The third kappa shape index (κ3) is 38.9. The molecular formula is C47H70O6. The smallest absolute Gasteiger partial charge is 0.306 e. The summed E-state index contributed by atoms with van der Waals surface area (Å²) in [7, 11) is 0. The third-order valence-electron chi connectivity index (χ3n) is 7.65. The van der Waals surface area contributed by atoms with E-state index in [4.69, 9.17) is 14.2 Å². The highest BCUT2D eigenvalue weighted by Gasteiger charge is 2.19. The van der Waals surface area contributed by atoms with Gasteiger partial charge in [0.05, 0.1) is 0 Å². The molecule has 6 nitrogen and oxygen atoms in total. The Hall–Kier alpha value is -4.19. The Labute approximate surface area is 322 Å². The van der Waals surface area contributed by atoms with E-state index in [0.29, 0.717) is 19.3 Å². The lowest BCUT2D eigenvalue weighted by Crippen LogP contribution is -2.30. The van der Waals surface area contributed by atoms with Gasteiger partial charge in [-0.2, -0.15) is 0 Å². The molecule has 0 radical (unpaired) electrons. The third-order valence-corrected chi connectivity index (χ3v) is 7.65. The predicted molar refractivity (Wildman–Crippen MR) is 223 cm³/mol. The molecule has 0 aromatic carbocycles. The summed E-state index contributed by atoms with van der Waals surface area (Å²) in [4.78, 5) is 37.5. The summed E-state index contributed by atoms with van der Waals surface area (Å²) in [6.45, 7) is 6.13. The molecular weight excluding hydrogens is 661 g/mol. The number of rotatable bonds is 33. The van der Waals surface area contributed by atoms with E-state index < -0.39 is 6.10 Å². The van der Waals surface area contributed by atoms with E-state index in [1.807, 2.05) is 91.1 Å². The van der Waals surface area contributed by atoms with Crippen molar-refractivity contribution >= 4 is 17.9 Å². The van der Waals surface area contributed by atoms with E-state index in [0.717, 1.165) is 51.4 Å². The van der Waals surface area contributed by atoms with Crippen molar-refractivity contribution in [2.45, 2.75) is 142 Å². The Bertz CT molecular complexity index is 1210. The van der Waals surface area contributed by atoms with Gasteiger partial charge in [0.25, 0.3) is 0 Å². The maximum atomic E-state index is 12.6. The van der Waals surface area contributed by atoms with Crippen molar-refractivity contribution in [2.24, 2.45) is 0 Å². The molecule has 0 N–H and O–H groups in total. The lowest BCUT2D eigenvalue weighted by molar-refractivity contribution is -0.167. The Morgan fingerprint density at radius 3 is 1.25 bits per heavy atom. The zero-order chi connectivity index (χ0) is 38.7. The second-order valence-electron chi connectivity index (χ2n) is 12.6. The summed E-state index contributed by atoms with van der Waals surface area (Å²) in [6, 6.07) is 0. The molecule has 0 bridgehead atoms. The molecule has 0 spiro atoms. The zero-order valence-corrected chi connectivity index (χ0v) is 33.2. The fourth-order valence-corrected chi connectivity index (χ4v) is 4.66. The molecule has 294 valence electrons. The highest BCUT2D eigenvalue weighted by atomic mass is 16.6. The zero-order valence-electron chi connectivity index (χ0n) is 33.2. The number of carbonyl (C=O) groups excluding carboxylic acids is 3. The monoisotopic (exact) mass is 731 g/mol. The Kier molecular flexibility index (Phi) is 37.4. The van der Waals surface area contributed by atoms with Crippen molar-refractivity contribution in [1.29, 1.82) is 0 Å². The lowest BCUT2D eigenvalue weighted by atomic mass is 10.1. The molecule has 53 heavy (non-hydrogen) atoms. The normalized spacial score (nSPS) is 13.3. The Balaban J connectivity index is 4.65. The quantitative estimate of drug-likeness (QED) is 0.0220. The molecule has 6 heteroatoms. The second kappa shape index (κ2) is 40.6. The van der Waals surface area contributed by atoms with Crippen molar-refractivity contribution in [3.63, 3.8) is 0 Å². The molecule has 0 aliphatic rings. The van der Waals surface area contributed by atoms with Crippen LogP contribution in [0.1, 0.15) is 136 Å². The molecule has 0 amide bonds. The number of carbonyl (C=O) groups is 3. The minimum Gasteiger partial charge on any atom is -0.462 e. The average Bonchev–Trinajstić information content (AvgIpc) is 3.15. The summed E-state index contributed by atoms with van der Waals surface area (Å²) in [5.41, 5.74) is 0. The van der Waals surface area contributed by atoms with Crippen LogP contribution in [0.15, 0.2) is 122 Å². The van der Waals surface area contributed by atoms with Gasteiger partial charge in [-0.25, -0.2) is 0 Å². The van der Waals surface area contributed by atoms with E-state index in [1.54, 1.807) is 0 Å². The molecule has 0 fully saturated rings. The van der Waals surface area contributed by atoms with Gasteiger partial charge >= 0.3 is 17.9 Å². The average molecular weight is 731 g/mol. The SMILES string of the molecule is CC\C=C/C=C\C=C/C=C\C=C/CCCC(=O)OCC(COC(=O)CCC/C=C\CCCCCC)OC(=O)CCCCC\C=C/C=C\C=C/C=C\CC. The summed E-state index contributed by atoms with van der Waals surface area (Å²) in [5, 5.41) is 0. The molecule has 0 saturated carbocycles. The van der Waals surface area contributed by atoms with E-state index in [-0.39, 0.29) is 50.4 Å². The van der Waals surface area contributed by atoms with Crippen LogP contribution < -0.4 is 0 Å². The van der Waals surface area contributed by atoms with Crippen LogP contribution in [0.25, 0.3) is 0 Å². The summed E-state index contributed by atoms with van der Waals surface area (Å²) in [5.74, 6) is -1.11. The predicted octanol–water partition coefficient (Wildman–Crippen LogP) is 12.6. The van der Waals surface area contributed by atoms with Crippen LogP contribution in [0.5, 0.6) is 0 Å². The molecule has 0 heterocycles. The first kappa shape index (κ1) is 48.8. The van der Waals surface area contributed by atoms with Crippen molar-refractivity contribution in [3.05, 3.63) is 122 Å². The number of hydrogen-bond acceptors (Lipinski definition) is 6. The van der Waals surface area contributed by atoms with E-state index in [9.17, 15) is 14.4 Å². The van der Waals surface area contributed by atoms with Gasteiger partial charge in [-0.3, -0.25) is 14.4 Å². The van der Waals surface area contributed by atoms with Crippen LogP contribution in [0, 0.1) is 0 Å². The first-order chi connectivity index (χ1) is 26.0. The minimum atomic E-state index is -0.838. The minimum absolute atomic E-state index is 0.137. The van der Waals surface area contributed by atoms with Crippen molar-refractivity contribution < 1.29 is 28.6 Å². The van der Waals surface area contributed by atoms with Gasteiger partial charge in [0.2, 0.25) is 0 Å². The summed E-state index contributed by atoms with van der Waals surface area (Å²) in [6.07, 6.45) is 54.9. The van der Waals surface area contributed by atoms with Crippen LogP contribution in [0.3, 0.4) is 0 Å². The van der Waals surface area contributed by atoms with Gasteiger partial charge in [-0.05, 0) is 70.6 Å². The van der Waals surface area contributed by atoms with Crippen LogP contribution in [-0.2, 0) is 28.6 Å². The van der Waals surface area contributed by atoms with Crippen LogP contribution >= 0.6 is 0 Å². The molecule has 0 aromatic heterocycles. The van der Waals surface area contributed by atoms with Crippen LogP contribution in [0.2, 0.25) is 0 Å². The maximum absolute atomic E-state index is 12.6. The fourth-order valence-electron chi connectivity index (χ4n) is 4.66. The summed E-state index contributed by atoms with van der Waals surface area (Å²) >= 11 is 0. The number of esters is 3. The summed E-state index contributed by atoms with van der Waals surface area (Å²) < 4.78 is 16.5. The number of hydrogen-bond donors (Lipinski definition) is 0. The molecule has 0 saturated heterocycles. The van der Waals surface area contributed by atoms with Crippen LogP contribution in [-0.4, -0.2) is 37.2 Å². The van der Waals surface area contributed by atoms with Gasteiger partial charge < -0.3 is 14.2 Å². The van der Waals surface area contributed by atoms with Crippen molar-refractivity contribution in [1.82, 2.24) is 0 Å². The highest BCUT2D eigenvalue weighted by Crippen LogP contribution is 2.09. The molecule has 0 aliphatic heterocycles. The maximum Gasteiger partial charge on any atom is 0.306 e. The fraction of sp³-hybridized carbons (Fsp3) is 0.511. The molecule has 0 rings (SSSR count). The van der Waals surface area contributed by atoms with Gasteiger partial charge in [0, 0.05) is 19.3 Å².